The molecule has 7 nitrogen and oxygen atoms in total. The number of carboxylic acid groups (broad SMARTS) is 1. The minimum Gasteiger partial charge on any atom is -0.481 e. The summed E-state index contributed by atoms with van der Waals surface area (Å²) in [7, 11) is 0. The van der Waals surface area contributed by atoms with Gasteiger partial charge in [-0.3, -0.25) is 14.4 Å². The van der Waals surface area contributed by atoms with E-state index in [2.05, 4.69) is 10.6 Å². The number of hydrogen-bond donors (Lipinski definition) is 3. The number of nitrogens with one attached hydrogen (secondary N) is 2. The van der Waals surface area contributed by atoms with Crippen LogP contribution in [0.5, 0.6) is 0 Å². The van der Waals surface area contributed by atoms with Crippen LogP contribution in [0.3, 0.4) is 0 Å². The summed E-state index contributed by atoms with van der Waals surface area (Å²) in [5.41, 5.74) is 0. The van der Waals surface area contributed by atoms with Gasteiger partial charge >= 0.3 is 5.97 Å². The second kappa shape index (κ2) is 8.78. The lowest BCUT2D eigenvalue weighted by Crippen LogP contribution is -2.33. The summed E-state index contributed by atoms with van der Waals surface area (Å²) in [6.07, 6.45) is 2.62. The maximum absolute atomic E-state index is 11.6. The zero-order chi connectivity index (χ0) is 15.7. The number of carbonyl (C=O) groups excluding carboxylic acids is 2. The maximum Gasteiger partial charge on any atom is 0.303 e. The van der Waals surface area contributed by atoms with Gasteiger partial charge in [0.05, 0.1) is 6.26 Å². The molecule has 0 aliphatic heterocycles. The number of furan rings is 1. The van der Waals surface area contributed by atoms with Crippen LogP contribution in [0.25, 0.3) is 0 Å². The first-order chi connectivity index (χ1) is 9.99. The molecule has 0 aliphatic carbocycles. The first-order valence-electron chi connectivity index (χ1n) is 6.82. The first kappa shape index (κ1) is 16.7. The van der Waals surface area contributed by atoms with Crippen molar-refractivity contribution in [2.45, 2.75) is 38.6 Å². The molecule has 0 aromatic carbocycles. The molecule has 0 saturated heterocycles. The summed E-state index contributed by atoms with van der Waals surface area (Å²) < 4.78 is 4.93. The Morgan fingerprint density at radius 2 is 2.10 bits per heavy atom. The van der Waals surface area contributed by atoms with Crippen molar-refractivity contribution in [3.63, 3.8) is 0 Å². The molecule has 1 heterocycles. The lowest BCUT2D eigenvalue weighted by Gasteiger charge is -2.12. The maximum atomic E-state index is 11.6. The fourth-order valence-corrected chi connectivity index (χ4v) is 1.70. The van der Waals surface area contributed by atoms with Gasteiger partial charge in [0.15, 0.2) is 5.76 Å². The van der Waals surface area contributed by atoms with Crippen molar-refractivity contribution in [3.8, 4) is 0 Å². The summed E-state index contributed by atoms with van der Waals surface area (Å²) in [6, 6.07) is 3.01. The minimum absolute atomic E-state index is 0.0284. The zero-order valence-electron chi connectivity index (χ0n) is 11.9. The fraction of sp³-hybridized carbons (Fsp3) is 0.500. The Balaban J connectivity index is 2.10. The second-order valence-corrected chi connectivity index (χ2v) is 4.74. The highest BCUT2D eigenvalue weighted by molar-refractivity contribution is 5.91. The van der Waals surface area contributed by atoms with Crippen molar-refractivity contribution >= 4 is 17.8 Å². The predicted octanol–water partition coefficient (Wildman–Crippen LogP) is 1.16. The molecule has 1 rings (SSSR count). The molecule has 1 aromatic heterocycles. The largest absolute Gasteiger partial charge is 0.481 e. The molecule has 1 unspecified atom stereocenters. The van der Waals surface area contributed by atoms with Crippen LogP contribution in [-0.2, 0) is 9.59 Å². The molecule has 7 heteroatoms. The Morgan fingerprint density at radius 1 is 1.33 bits per heavy atom. The molecular weight excluding hydrogens is 276 g/mol. The molecule has 0 fully saturated rings. The Hall–Kier alpha value is -2.31. The lowest BCUT2D eigenvalue weighted by molar-refractivity contribution is -0.137. The summed E-state index contributed by atoms with van der Waals surface area (Å²) in [4.78, 5) is 33.5. The monoisotopic (exact) mass is 296 g/mol. The molecule has 1 atom stereocenters. The first-order valence-corrected chi connectivity index (χ1v) is 6.82. The topological polar surface area (TPSA) is 109 Å². The van der Waals surface area contributed by atoms with Crippen molar-refractivity contribution in [2.75, 3.05) is 6.54 Å². The average molecular weight is 296 g/mol. The molecule has 3 N–H and O–H groups in total. The molecule has 21 heavy (non-hydrogen) atoms. The van der Waals surface area contributed by atoms with Crippen LogP contribution in [-0.4, -0.2) is 35.5 Å². The smallest absolute Gasteiger partial charge is 0.303 e. The summed E-state index contributed by atoms with van der Waals surface area (Å²) in [5, 5.41) is 13.9. The van der Waals surface area contributed by atoms with E-state index in [1.807, 2.05) is 0 Å². The number of aliphatic carboxylic acids is 1. The van der Waals surface area contributed by atoms with E-state index in [4.69, 9.17) is 9.52 Å². The molecule has 0 aliphatic rings. The SMILES string of the molecule is CC(CCC(=O)O)NC(=O)CCCNC(=O)c1ccco1. The minimum atomic E-state index is -0.878. The van der Waals surface area contributed by atoms with Crippen molar-refractivity contribution in [2.24, 2.45) is 0 Å². The van der Waals surface area contributed by atoms with Gasteiger partial charge in [-0.2, -0.15) is 0 Å². The summed E-state index contributed by atoms with van der Waals surface area (Å²) in [5.74, 6) is -1.10. The highest BCUT2D eigenvalue weighted by Gasteiger charge is 2.10. The van der Waals surface area contributed by atoms with Gasteiger partial charge in [0, 0.05) is 25.4 Å². The summed E-state index contributed by atoms with van der Waals surface area (Å²) >= 11 is 0. The number of carboxylic acids is 1. The van der Waals surface area contributed by atoms with E-state index in [1.54, 1.807) is 19.1 Å². The summed E-state index contributed by atoms with van der Waals surface area (Å²) in [6.45, 7) is 2.13. The molecule has 0 radical (unpaired) electrons. The van der Waals surface area contributed by atoms with Crippen LogP contribution in [0.15, 0.2) is 22.8 Å². The molecular formula is C14H20N2O5. The van der Waals surface area contributed by atoms with Crippen molar-refractivity contribution < 1.29 is 23.9 Å². The van der Waals surface area contributed by atoms with Crippen LogP contribution < -0.4 is 10.6 Å². The lowest BCUT2D eigenvalue weighted by atomic mass is 10.1. The highest BCUT2D eigenvalue weighted by atomic mass is 16.4. The zero-order valence-corrected chi connectivity index (χ0v) is 11.9. The fourth-order valence-electron chi connectivity index (χ4n) is 1.70. The van der Waals surface area contributed by atoms with Gasteiger partial charge in [-0.05, 0) is 31.9 Å². The van der Waals surface area contributed by atoms with Crippen LogP contribution in [0.4, 0.5) is 0 Å². The number of hydrogen-bond acceptors (Lipinski definition) is 4. The third-order valence-electron chi connectivity index (χ3n) is 2.81. The Labute approximate surface area is 122 Å². The molecule has 0 bridgehead atoms. The average Bonchev–Trinajstić information content (AvgIpc) is 2.95. The normalized spacial score (nSPS) is 11.7. The van der Waals surface area contributed by atoms with Crippen molar-refractivity contribution in [1.29, 1.82) is 0 Å². The third kappa shape index (κ3) is 7.14. The standard InChI is InChI=1S/C14H20N2O5/c1-10(6-7-13(18)19)16-12(17)5-2-8-15-14(20)11-4-3-9-21-11/h3-4,9-10H,2,5-8H2,1H3,(H,15,20)(H,16,17)(H,18,19). The quantitative estimate of drug-likeness (QED) is 0.592. The van der Waals surface area contributed by atoms with E-state index in [-0.39, 0.29) is 36.5 Å². The van der Waals surface area contributed by atoms with Crippen LogP contribution in [0.1, 0.15) is 43.2 Å². The van der Waals surface area contributed by atoms with E-state index in [9.17, 15) is 14.4 Å². The predicted molar refractivity (Wildman–Crippen MR) is 74.7 cm³/mol. The third-order valence-corrected chi connectivity index (χ3v) is 2.81. The van der Waals surface area contributed by atoms with Gasteiger partial charge < -0.3 is 20.2 Å². The van der Waals surface area contributed by atoms with Gasteiger partial charge in [-0.25, -0.2) is 0 Å². The molecule has 0 spiro atoms. The van der Waals surface area contributed by atoms with Gasteiger partial charge in [0.25, 0.3) is 5.91 Å². The van der Waals surface area contributed by atoms with Crippen molar-refractivity contribution in [1.82, 2.24) is 10.6 Å². The highest BCUT2D eigenvalue weighted by Crippen LogP contribution is 2.00. The number of carbonyl (C=O) groups is 3. The van der Waals surface area contributed by atoms with Gasteiger partial charge in [-0.1, -0.05) is 0 Å². The van der Waals surface area contributed by atoms with E-state index in [0.29, 0.717) is 19.4 Å². The number of rotatable bonds is 9. The molecule has 116 valence electrons. The van der Waals surface area contributed by atoms with Crippen LogP contribution in [0, 0.1) is 0 Å². The second-order valence-electron chi connectivity index (χ2n) is 4.74. The van der Waals surface area contributed by atoms with Crippen LogP contribution >= 0.6 is 0 Å². The Bertz CT molecular complexity index is 470. The Morgan fingerprint density at radius 3 is 2.71 bits per heavy atom. The van der Waals surface area contributed by atoms with E-state index < -0.39 is 5.97 Å². The van der Waals surface area contributed by atoms with E-state index >= 15 is 0 Å². The number of amides is 2. The van der Waals surface area contributed by atoms with E-state index in [0.717, 1.165) is 0 Å². The van der Waals surface area contributed by atoms with E-state index in [1.165, 1.54) is 6.26 Å². The molecule has 1 aromatic rings. The van der Waals surface area contributed by atoms with Crippen molar-refractivity contribution in [3.05, 3.63) is 24.2 Å². The van der Waals surface area contributed by atoms with Gasteiger partial charge in [0.2, 0.25) is 5.91 Å². The van der Waals surface area contributed by atoms with Gasteiger partial charge in [-0.15, -0.1) is 0 Å². The Kier molecular flexibility index (Phi) is 7.00. The molecule has 0 saturated carbocycles. The van der Waals surface area contributed by atoms with Gasteiger partial charge in [0.1, 0.15) is 0 Å². The van der Waals surface area contributed by atoms with Crippen LogP contribution in [0.2, 0.25) is 0 Å². The molecule has 2 amide bonds.